The molecule has 1 saturated heterocycles. The van der Waals surface area contributed by atoms with Crippen molar-refractivity contribution in [3.8, 4) is 0 Å². The molecule has 7 nitrogen and oxygen atoms in total. The van der Waals surface area contributed by atoms with Gasteiger partial charge in [0.05, 0.1) is 0 Å². The molecule has 1 aliphatic carbocycles. The number of nitro groups is 1. The molecule has 2 aliphatic heterocycles. The fourth-order valence-electron chi connectivity index (χ4n) is 4.68. The number of allylic oxidation sites excluding steroid dienone is 2. The quantitative estimate of drug-likeness (QED) is 0.577. The van der Waals surface area contributed by atoms with Crippen molar-refractivity contribution in [2.24, 2.45) is 0 Å². The van der Waals surface area contributed by atoms with Crippen molar-refractivity contribution >= 4 is 15.6 Å². The van der Waals surface area contributed by atoms with Gasteiger partial charge in [-0.3, -0.25) is 14.9 Å². The molecule has 1 aromatic rings. The van der Waals surface area contributed by atoms with Crippen LogP contribution in [0.4, 0.5) is 0 Å². The lowest BCUT2D eigenvalue weighted by molar-refractivity contribution is -0.537. The molecule has 0 amide bonds. The van der Waals surface area contributed by atoms with E-state index in [1.54, 1.807) is 24.3 Å². The van der Waals surface area contributed by atoms with Crippen molar-refractivity contribution in [1.82, 2.24) is 0 Å². The van der Waals surface area contributed by atoms with E-state index >= 15 is 0 Å². The summed E-state index contributed by atoms with van der Waals surface area (Å²) in [4.78, 5) is 23.7. The molecule has 0 unspecified atom stereocenters. The Morgan fingerprint density at radius 1 is 1.23 bits per heavy atom. The number of rotatable bonds is 2. The predicted octanol–water partition coefficient (Wildman–Crippen LogP) is 2.01. The van der Waals surface area contributed by atoms with E-state index in [9.17, 15) is 23.3 Å². The molecule has 0 N–H and O–H groups in total. The van der Waals surface area contributed by atoms with Gasteiger partial charge in [-0.1, -0.05) is 30.3 Å². The van der Waals surface area contributed by atoms with Crippen LogP contribution < -0.4 is 0 Å². The number of Topliss-reactive ketones (excluding diaryl/α,β-unsaturated/α-hetero) is 1. The zero-order chi connectivity index (χ0) is 18.7. The van der Waals surface area contributed by atoms with Gasteiger partial charge in [-0.25, -0.2) is 8.42 Å². The molecule has 138 valence electrons. The van der Waals surface area contributed by atoms with Gasteiger partial charge in [-0.15, -0.1) is 0 Å². The number of hydrogen-bond acceptors (Lipinski definition) is 6. The van der Waals surface area contributed by atoms with Crippen LogP contribution in [-0.4, -0.2) is 41.8 Å². The highest BCUT2D eigenvalue weighted by molar-refractivity contribution is 7.92. The molecule has 0 saturated carbocycles. The molecule has 8 heteroatoms. The van der Waals surface area contributed by atoms with Crippen LogP contribution in [0.2, 0.25) is 0 Å². The van der Waals surface area contributed by atoms with Crippen molar-refractivity contribution in [1.29, 1.82) is 0 Å². The summed E-state index contributed by atoms with van der Waals surface area (Å²) in [5, 5.41) is 10.5. The summed E-state index contributed by atoms with van der Waals surface area (Å²) in [6, 6.07) is 7.57. The van der Waals surface area contributed by atoms with Crippen LogP contribution in [0.25, 0.3) is 0 Å². The van der Waals surface area contributed by atoms with Crippen molar-refractivity contribution < 1.29 is 22.9 Å². The maximum atomic E-state index is 13.0. The van der Waals surface area contributed by atoms with E-state index in [-0.39, 0.29) is 5.78 Å². The summed E-state index contributed by atoms with van der Waals surface area (Å²) in [7, 11) is -3.82. The number of benzene rings is 1. The Hall–Kier alpha value is -2.22. The van der Waals surface area contributed by atoms with Crippen LogP contribution in [0.5, 0.6) is 0 Å². The lowest BCUT2D eigenvalue weighted by Gasteiger charge is -2.44. The summed E-state index contributed by atoms with van der Waals surface area (Å²) >= 11 is 0. The first-order valence-corrected chi connectivity index (χ1v) is 10.3. The predicted molar refractivity (Wildman–Crippen MR) is 92.9 cm³/mol. The standard InChI is InChI=1S/C18H19NO6S/c1-18-14(19(21)22)10-26(23,24)17(18)15(11-6-3-2-4-7-11)16-12(20)8-5-9-13(16)25-18/h2-4,6-7,14-15,17H,5,8-10H2,1H3/t14-,15+,17+,18-/m0/s1. The highest BCUT2D eigenvalue weighted by Crippen LogP contribution is 2.53. The molecular formula is C18H19NO6S. The third kappa shape index (κ3) is 2.31. The minimum Gasteiger partial charge on any atom is -0.483 e. The molecule has 0 spiro atoms. The number of nitrogens with zero attached hydrogens (tertiary/aromatic N) is 1. The minimum absolute atomic E-state index is 0.123. The van der Waals surface area contributed by atoms with Crippen LogP contribution >= 0.6 is 0 Å². The Kier molecular flexibility index (Phi) is 3.73. The summed E-state index contributed by atoms with van der Waals surface area (Å²) in [5.41, 5.74) is -0.418. The highest BCUT2D eigenvalue weighted by Gasteiger charge is 2.69. The van der Waals surface area contributed by atoms with E-state index in [4.69, 9.17) is 4.74 Å². The van der Waals surface area contributed by atoms with E-state index in [1.165, 1.54) is 6.92 Å². The van der Waals surface area contributed by atoms with Gasteiger partial charge in [0.15, 0.2) is 21.2 Å². The van der Waals surface area contributed by atoms with E-state index in [2.05, 4.69) is 0 Å². The summed E-state index contributed by atoms with van der Waals surface area (Å²) < 4.78 is 31.9. The summed E-state index contributed by atoms with van der Waals surface area (Å²) in [6.07, 6.45) is 1.45. The smallest absolute Gasteiger partial charge is 0.266 e. The Morgan fingerprint density at radius 2 is 1.92 bits per heavy atom. The summed E-state index contributed by atoms with van der Waals surface area (Å²) in [5.74, 6) is -0.994. The van der Waals surface area contributed by atoms with Crippen LogP contribution in [0, 0.1) is 10.1 Å². The second kappa shape index (κ2) is 5.64. The minimum atomic E-state index is -3.82. The third-order valence-corrected chi connectivity index (χ3v) is 8.08. The number of carbonyl (C=O) groups is 1. The van der Waals surface area contributed by atoms with Gasteiger partial charge in [-0.2, -0.15) is 0 Å². The average molecular weight is 377 g/mol. The SMILES string of the molecule is C[C@@]12OC3=C(C(=O)CCC3)[C@@H](c3ccccc3)[C@H]1S(=O)(=O)C[C@@H]2[N+](=O)[O-]. The van der Waals surface area contributed by atoms with Gasteiger partial charge in [0, 0.05) is 29.3 Å². The second-order valence-corrected chi connectivity index (χ2v) is 9.51. The third-order valence-electron chi connectivity index (χ3n) is 5.78. The van der Waals surface area contributed by atoms with Crippen molar-refractivity contribution in [3.05, 3.63) is 57.3 Å². The molecule has 1 aromatic carbocycles. The fourth-order valence-corrected chi connectivity index (χ4v) is 7.40. The average Bonchev–Trinajstić information content (AvgIpc) is 2.80. The maximum absolute atomic E-state index is 13.0. The molecule has 3 aliphatic rings. The van der Waals surface area contributed by atoms with Crippen molar-refractivity contribution in [2.45, 2.75) is 49.0 Å². The van der Waals surface area contributed by atoms with Crippen LogP contribution in [0.1, 0.15) is 37.7 Å². The Bertz CT molecular complexity index is 922. The first kappa shape index (κ1) is 17.2. The molecule has 0 radical (unpaired) electrons. The van der Waals surface area contributed by atoms with Gasteiger partial charge in [0.1, 0.15) is 16.8 Å². The van der Waals surface area contributed by atoms with E-state index < -0.39 is 43.3 Å². The van der Waals surface area contributed by atoms with Gasteiger partial charge < -0.3 is 4.74 Å². The van der Waals surface area contributed by atoms with Crippen LogP contribution in [0.3, 0.4) is 0 Å². The molecule has 2 heterocycles. The zero-order valence-corrected chi connectivity index (χ0v) is 15.1. The first-order valence-electron chi connectivity index (χ1n) is 8.61. The van der Waals surface area contributed by atoms with Crippen LogP contribution in [-0.2, 0) is 19.4 Å². The topological polar surface area (TPSA) is 104 Å². The Labute approximate surface area is 151 Å². The molecule has 0 aromatic heterocycles. The normalized spacial score (nSPS) is 35.4. The van der Waals surface area contributed by atoms with E-state index in [1.807, 2.05) is 6.07 Å². The lowest BCUT2D eigenvalue weighted by Crippen LogP contribution is -2.56. The van der Waals surface area contributed by atoms with Crippen LogP contribution in [0.15, 0.2) is 41.7 Å². The van der Waals surface area contributed by atoms with Gasteiger partial charge >= 0.3 is 0 Å². The van der Waals surface area contributed by atoms with Crippen molar-refractivity contribution in [2.75, 3.05) is 5.75 Å². The van der Waals surface area contributed by atoms with Gasteiger partial charge in [0.25, 0.3) is 6.04 Å². The summed E-state index contributed by atoms with van der Waals surface area (Å²) in [6.45, 7) is 1.51. The molecule has 0 bridgehead atoms. The number of ether oxygens (including phenoxy) is 1. The molecule has 4 atom stereocenters. The zero-order valence-electron chi connectivity index (χ0n) is 14.3. The highest BCUT2D eigenvalue weighted by atomic mass is 32.2. The van der Waals surface area contributed by atoms with Crippen molar-refractivity contribution in [3.63, 3.8) is 0 Å². The lowest BCUT2D eigenvalue weighted by atomic mass is 9.73. The number of fused-ring (bicyclic) bond motifs is 1. The number of carbonyl (C=O) groups excluding carboxylic acids is 1. The van der Waals surface area contributed by atoms with Gasteiger partial charge in [-0.05, 0) is 18.9 Å². The number of hydrogen-bond donors (Lipinski definition) is 0. The van der Waals surface area contributed by atoms with Gasteiger partial charge in [0.2, 0.25) is 0 Å². The molecule has 26 heavy (non-hydrogen) atoms. The monoisotopic (exact) mass is 377 g/mol. The Morgan fingerprint density at radius 3 is 2.58 bits per heavy atom. The Balaban J connectivity index is 1.99. The molecule has 4 rings (SSSR count). The second-order valence-electron chi connectivity index (χ2n) is 7.34. The van der Waals surface area contributed by atoms with E-state index in [0.29, 0.717) is 36.2 Å². The van der Waals surface area contributed by atoms with E-state index in [0.717, 1.165) is 0 Å². The largest absolute Gasteiger partial charge is 0.483 e. The molecule has 1 fully saturated rings. The fraction of sp³-hybridized carbons (Fsp3) is 0.500. The first-order chi connectivity index (χ1) is 12.3. The number of sulfone groups is 1. The molecular weight excluding hydrogens is 358 g/mol. The maximum Gasteiger partial charge on any atom is 0.266 e. The number of ketones is 1.